The molecule has 0 aliphatic heterocycles. The quantitative estimate of drug-likeness (QED) is 0.319. The largest absolute Gasteiger partial charge is 0.490 e. The molecular formula is C19H20N2O4. The molecule has 2 aromatic rings. The van der Waals surface area contributed by atoms with Gasteiger partial charge in [0.05, 0.1) is 4.92 Å². The summed E-state index contributed by atoms with van der Waals surface area (Å²) >= 11 is 0. The molecule has 0 heterocycles. The van der Waals surface area contributed by atoms with Crippen molar-refractivity contribution in [3.63, 3.8) is 0 Å². The second kappa shape index (κ2) is 8.75. The minimum Gasteiger partial charge on any atom is -0.490 e. The van der Waals surface area contributed by atoms with E-state index in [2.05, 4.69) is 4.90 Å². The Morgan fingerprint density at radius 3 is 2.12 bits per heavy atom. The molecule has 0 aliphatic carbocycles. The highest BCUT2D eigenvalue weighted by molar-refractivity contribution is 6.09. The molecule has 0 atom stereocenters. The number of hydrogen-bond donors (Lipinski definition) is 0. The molecule has 25 heavy (non-hydrogen) atoms. The van der Waals surface area contributed by atoms with Crippen LogP contribution >= 0.6 is 0 Å². The molecule has 0 aromatic heterocycles. The minimum atomic E-state index is -0.493. The molecule has 0 unspecified atom stereocenters. The van der Waals surface area contributed by atoms with Crippen molar-refractivity contribution in [2.45, 2.75) is 0 Å². The van der Waals surface area contributed by atoms with Crippen molar-refractivity contribution in [3.8, 4) is 5.75 Å². The third kappa shape index (κ3) is 5.54. The number of non-ortho nitro benzene ring substituents is 1. The lowest BCUT2D eigenvalue weighted by atomic mass is 10.0. The maximum Gasteiger partial charge on any atom is 0.269 e. The van der Waals surface area contributed by atoms with Crippen LogP contribution in [0.1, 0.15) is 15.9 Å². The van der Waals surface area contributed by atoms with Crippen molar-refractivity contribution < 1.29 is 14.5 Å². The molecule has 0 bridgehead atoms. The molecule has 6 nitrogen and oxygen atoms in total. The topological polar surface area (TPSA) is 72.7 Å². The van der Waals surface area contributed by atoms with E-state index in [1.165, 1.54) is 24.3 Å². The lowest BCUT2D eigenvalue weighted by Crippen LogP contribution is -2.10. The monoisotopic (exact) mass is 340 g/mol. The van der Waals surface area contributed by atoms with Crippen LogP contribution in [0.3, 0.4) is 0 Å². The van der Waals surface area contributed by atoms with Crippen molar-refractivity contribution in [2.75, 3.05) is 27.2 Å². The Bertz CT molecular complexity index is 750. The molecule has 0 radical (unpaired) electrons. The average Bonchev–Trinajstić information content (AvgIpc) is 2.61. The molecule has 0 N–H and O–H groups in total. The lowest BCUT2D eigenvalue weighted by Gasteiger charge is -2.06. The Kier molecular flexibility index (Phi) is 6.42. The van der Waals surface area contributed by atoms with E-state index in [9.17, 15) is 14.9 Å². The van der Waals surface area contributed by atoms with Crippen molar-refractivity contribution in [3.05, 3.63) is 81.9 Å². The van der Waals surface area contributed by atoms with Crippen LogP contribution < -0.4 is 4.74 Å². The summed E-state index contributed by atoms with van der Waals surface area (Å²) < 4.78 is 5.58. The predicted molar refractivity (Wildman–Crippen MR) is 96.2 cm³/mol. The lowest BCUT2D eigenvalue weighted by molar-refractivity contribution is -0.384. The fraction of sp³-hybridized carbons (Fsp3) is 0.211. The summed E-state index contributed by atoms with van der Waals surface area (Å²) in [4.78, 5) is 24.6. The first kappa shape index (κ1) is 18.4. The van der Waals surface area contributed by atoms with Gasteiger partial charge >= 0.3 is 0 Å². The molecule has 0 amide bonds. The SMILES string of the molecule is CN(C)CC=CCOc1ccc(C(=O)c2ccc([N+](=O)[O-])cc2)cc1. The third-order valence-corrected chi connectivity index (χ3v) is 3.44. The van der Waals surface area contributed by atoms with Gasteiger partial charge in [0.2, 0.25) is 0 Å². The number of hydrogen-bond acceptors (Lipinski definition) is 5. The zero-order chi connectivity index (χ0) is 18.2. The van der Waals surface area contributed by atoms with Crippen LogP contribution in [0, 0.1) is 10.1 Å². The molecule has 0 spiro atoms. The fourth-order valence-corrected chi connectivity index (χ4v) is 2.10. The summed E-state index contributed by atoms with van der Waals surface area (Å²) in [5.41, 5.74) is 0.873. The van der Waals surface area contributed by atoms with Gasteiger partial charge in [-0.15, -0.1) is 0 Å². The van der Waals surface area contributed by atoms with E-state index in [-0.39, 0.29) is 11.5 Å². The van der Waals surface area contributed by atoms with Crippen molar-refractivity contribution >= 4 is 11.5 Å². The van der Waals surface area contributed by atoms with Crippen LogP contribution in [0.15, 0.2) is 60.7 Å². The van der Waals surface area contributed by atoms with Crippen LogP contribution in [0.2, 0.25) is 0 Å². The Morgan fingerprint density at radius 2 is 1.60 bits per heavy atom. The summed E-state index contributed by atoms with van der Waals surface area (Å²) in [5, 5.41) is 10.6. The first-order valence-electron chi connectivity index (χ1n) is 7.79. The predicted octanol–water partition coefficient (Wildman–Crippen LogP) is 3.32. The molecule has 0 saturated heterocycles. The van der Waals surface area contributed by atoms with Gasteiger partial charge in [0, 0.05) is 29.8 Å². The van der Waals surface area contributed by atoms with Gasteiger partial charge in [-0.05, 0) is 50.5 Å². The van der Waals surface area contributed by atoms with Gasteiger partial charge in [-0.3, -0.25) is 14.9 Å². The van der Waals surface area contributed by atoms with Crippen LogP contribution in [0.5, 0.6) is 5.75 Å². The molecule has 6 heteroatoms. The first-order chi connectivity index (χ1) is 12.0. The second-order valence-corrected chi connectivity index (χ2v) is 5.70. The summed E-state index contributed by atoms with van der Waals surface area (Å²) in [6.07, 6.45) is 3.96. The Balaban J connectivity index is 1.95. The first-order valence-corrected chi connectivity index (χ1v) is 7.79. The molecule has 2 aromatic carbocycles. The van der Waals surface area contributed by atoms with Crippen LogP contribution in [0.25, 0.3) is 0 Å². The molecule has 2 rings (SSSR count). The highest BCUT2D eigenvalue weighted by Gasteiger charge is 2.11. The van der Waals surface area contributed by atoms with E-state index in [4.69, 9.17) is 4.74 Å². The van der Waals surface area contributed by atoms with E-state index in [0.717, 1.165) is 6.54 Å². The Morgan fingerprint density at radius 1 is 1.04 bits per heavy atom. The van der Waals surface area contributed by atoms with Crippen molar-refractivity contribution in [1.29, 1.82) is 0 Å². The van der Waals surface area contributed by atoms with E-state index >= 15 is 0 Å². The molecule has 0 saturated carbocycles. The zero-order valence-corrected chi connectivity index (χ0v) is 14.2. The third-order valence-electron chi connectivity index (χ3n) is 3.44. The number of likely N-dealkylation sites (N-methyl/N-ethyl adjacent to an activating group) is 1. The number of nitro groups is 1. The number of carbonyl (C=O) groups excluding carboxylic acids is 1. The van der Waals surface area contributed by atoms with Gasteiger partial charge in [-0.2, -0.15) is 0 Å². The van der Waals surface area contributed by atoms with E-state index in [1.807, 2.05) is 26.2 Å². The summed E-state index contributed by atoms with van der Waals surface area (Å²) in [5.74, 6) is 0.488. The maximum absolute atomic E-state index is 12.4. The Hall–Kier alpha value is -2.99. The highest BCUT2D eigenvalue weighted by Crippen LogP contribution is 2.18. The number of nitro benzene ring substituents is 1. The van der Waals surface area contributed by atoms with Gasteiger partial charge in [0.25, 0.3) is 5.69 Å². The van der Waals surface area contributed by atoms with Gasteiger partial charge in [-0.25, -0.2) is 0 Å². The van der Waals surface area contributed by atoms with Crippen LogP contribution in [-0.4, -0.2) is 42.9 Å². The molecule has 0 fully saturated rings. The van der Waals surface area contributed by atoms with Crippen LogP contribution in [0.4, 0.5) is 5.69 Å². The number of ether oxygens (including phenoxy) is 1. The summed E-state index contributed by atoms with van der Waals surface area (Å²) in [7, 11) is 3.98. The fourth-order valence-electron chi connectivity index (χ4n) is 2.10. The van der Waals surface area contributed by atoms with Gasteiger partial charge in [0.15, 0.2) is 5.78 Å². The molecule has 0 aliphatic rings. The second-order valence-electron chi connectivity index (χ2n) is 5.70. The van der Waals surface area contributed by atoms with Crippen LogP contribution in [-0.2, 0) is 0 Å². The van der Waals surface area contributed by atoms with Crippen molar-refractivity contribution in [1.82, 2.24) is 4.90 Å². The van der Waals surface area contributed by atoms with E-state index in [0.29, 0.717) is 23.5 Å². The van der Waals surface area contributed by atoms with Gasteiger partial charge in [-0.1, -0.05) is 12.2 Å². The average molecular weight is 340 g/mol. The molecule has 130 valence electrons. The normalized spacial score (nSPS) is 11.0. The van der Waals surface area contributed by atoms with Gasteiger partial charge < -0.3 is 9.64 Å². The maximum atomic E-state index is 12.4. The number of nitrogens with zero attached hydrogens (tertiary/aromatic N) is 2. The van der Waals surface area contributed by atoms with E-state index < -0.39 is 4.92 Å². The summed E-state index contributed by atoms with van der Waals surface area (Å²) in [6.45, 7) is 1.32. The summed E-state index contributed by atoms with van der Waals surface area (Å²) in [6, 6.07) is 12.4. The molecular weight excluding hydrogens is 320 g/mol. The standard InChI is InChI=1S/C19H20N2O4/c1-20(2)13-3-4-14-25-18-11-7-16(8-12-18)19(22)15-5-9-17(10-6-15)21(23)24/h3-12H,13-14H2,1-2H3. The Labute approximate surface area is 146 Å². The van der Waals surface area contributed by atoms with Crippen molar-refractivity contribution in [2.24, 2.45) is 0 Å². The van der Waals surface area contributed by atoms with Gasteiger partial charge in [0.1, 0.15) is 12.4 Å². The highest BCUT2D eigenvalue weighted by atomic mass is 16.6. The number of ketones is 1. The number of rotatable bonds is 8. The smallest absolute Gasteiger partial charge is 0.269 e. The number of carbonyl (C=O) groups is 1. The number of benzene rings is 2. The zero-order valence-electron chi connectivity index (χ0n) is 14.2. The van der Waals surface area contributed by atoms with E-state index in [1.54, 1.807) is 24.3 Å². The minimum absolute atomic E-state index is 0.0392.